The Hall–Kier alpha value is -2.59. The Labute approximate surface area is 178 Å². The number of carbonyl (C=O) groups excluding carboxylic acids is 3. The third-order valence-electron chi connectivity index (χ3n) is 6.09. The second-order valence-electron chi connectivity index (χ2n) is 8.23. The summed E-state index contributed by atoms with van der Waals surface area (Å²) in [5, 5.41) is 2.58. The second-order valence-corrected chi connectivity index (χ2v) is 8.23. The summed E-state index contributed by atoms with van der Waals surface area (Å²) < 4.78 is 32.6. The summed E-state index contributed by atoms with van der Waals surface area (Å²) in [7, 11) is 0. The highest BCUT2D eigenvalue weighted by Crippen LogP contribution is 2.38. The fraction of sp³-hybridized carbons (Fsp3) is 0.571. The lowest BCUT2D eigenvalue weighted by Crippen LogP contribution is -2.58. The molecule has 1 aromatic carbocycles. The van der Waals surface area contributed by atoms with Crippen LogP contribution < -0.4 is 16.0 Å². The van der Waals surface area contributed by atoms with Gasteiger partial charge in [-0.1, -0.05) is 6.42 Å². The molecule has 2 saturated carbocycles. The van der Waals surface area contributed by atoms with Gasteiger partial charge in [-0.2, -0.15) is 0 Å². The first-order chi connectivity index (χ1) is 14.9. The van der Waals surface area contributed by atoms with Crippen LogP contribution in [0.5, 0.6) is 0 Å². The molecule has 4 rings (SSSR count). The van der Waals surface area contributed by atoms with Crippen molar-refractivity contribution < 1.29 is 27.9 Å². The number of primary amides is 1. The van der Waals surface area contributed by atoms with Gasteiger partial charge >= 0.3 is 0 Å². The van der Waals surface area contributed by atoms with Crippen LogP contribution >= 0.6 is 0 Å². The molecular formula is C21H26F2N4O4. The fourth-order valence-electron chi connectivity index (χ4n) is 4.23. The van der Waals surface area contributed by atoms with Crippen molar-refractivity contribution in [1.82, 2.24) is 4.90 Å². The van der Waals surface area contributed by atoms with Crippen molar-refractivity contribution in [1.29, 1.82) is 0 Å². The number of nitrogens with zero attached hydrogens (tertiary/aromatic N) is 2. The van der Waals surface area contributed by atoms with Crippen molar-refractivity contribution in [3.63, 3.8) is 0 Å². The van der Waals surface area contributed by atoms with Gasteiger partial charge in [0.15, 0.2) is 6.04 Å². The maximum atomic E-state index is 13.8. The van der Waals surface area contributed by atoms with E-state index >= 15 is 0 Å². The molecule has 0 aromatic heterocycles. The molecule has 3 aliphatic rings. The normalized spacial score (nSPS) is 20.6. The highest BCUT2D eigenvalue weighted by Gasteiger charge is 2.45. The Morgan fingerprint density at radius 1 is 1.19 bits per heavy atom. The molecule has 10 heteroatoms. The van der Waals surface area contributed by atoms with Crippen molar-refractivity contribution in [2.24, 2.45) is 5.73 Å². The molecule has 31 heavy (non-hydrogen) atoms. The van der Waals surface area contributed by atoms with Crippen LogP contribution in [-0.2, 0) is 19.1 Å². The number of morpholine rings is 1. The summed E-state index contributed by atoms with van der Waals surface area (Å²) in [6.07, 6.45) is 1.82. The molecule has 1 heterocycles. The molecule has 168 valence electrons. The smallest absolute Gasteiger partial charge is 0.265 e. The van der Waals surface area contributed by atoms with Gasteiger partial charge in [-0.05, 0) is 43.9 Å². The van der Waals surface area contributed by atoms with E-state index in [2.05, 4.69) is 5.32 Å². The van der Waals surface area contributed by atoms with Crippen molar-refractivity contribution in [2.45, 2.75) is 56.7 Å². The van der Waals surface area contributed by atoms with Crippen LogP contribution in [0.2, 0.25) is 0 Å². The molecule has 0 bridgehead atoms. The number of hydrogen-bond acceptors (Lipinski definition) is 5. The molecule has 3 fully saturated rings. The zero-order chi connectivity index (χ0) is 22.1. The van der Waals surface area contributed by atoms with Crippen LogP contribution in [0.25, 0.3) is 0 Å². The summed E-state index contributed by atoms with van der Waals surface area (Å²) in [6.45, 7) is 0.261. The number of nitrogens with two attached hydrogens (primary N) is 1. The van der Waals surface area contributed by atoms with Gasteiger partial charge < -0.3 is 20.7 Å². The van der Waals surface area contributed by atoms with Crippen LogP contribution in [0.3, 0.4) is 0 Å². The van der Waals surface area contributed by atoms with Crippen molar-refractivity contribution in [3.05, 3.63) is 23.8 Å². The molecular weight excluding hydrogens is 410 g/mol. The molecule has 1 aromatic rings. The van der Waals surface area contributed by atoms with Gasteiger partial charge in [-0.15, -0.1) is 0 Å². The van der Waals surface area contributed by atoms with Gasteiger partial charge in [0.2, 0.25) is 5.91 Å². The predicted octanol–water partition coefficient (Wildman–Crippen LogP) is 1.80. The van der Waals surface area contributed by atoms with E-state index in [4.69, 9.17) is 10.5 Å². The lowest BCUT2D eigenvalue weighted by molar-refractivity contribution is -0.135. The number of carbonyl (C=O) groups is 3. The predicted molar refractivity (Wildman–Crippen MR) is 109 cm³/mol. The lowest BCUT2D eigenvalue weighted by Gasteiger charge is -2.41. The number of nitrogens with one attached hydrogen (secondary N) is 1. The summed E-state index contributed by atoms with van der Waals surface area (Å²) in [5.41, 5.74) is 5.41. The van der Waals surface area contributed by atoms with Crippen LogP contribution in [-0.4, -0.2) is 60.5 Å². The zero-order valence-corrected chi connectivity index (χ0v) is 17.1. The zero-order valence-electron chi connectivity index (χ0n) is 17.1. The van der Waals surface area contributed by atoms with Gasteiger partial charge in [0.05, 0.1) is 12.3 Å². The first kappa shape index (κ1) is 21.6. The molecule has 2 aliphatic carbocycles. The number of rotatable bonds is 8. The third-order valence-corrected chi connectivity index (χ3v) is 6.09. The van der Waals surface area contributed by atoms with E-state index in [-0.39, 0.29) is 48.8 Å². The average Bonchev–Trinajstić information content (AvgIpc) is 3.51. The standard InChI is InChI=1S/C21H26F2N4O4/c22-19(23)15-10-12(4-7-16(15)26-8-9-31-11-17(26)28)25-21(30)18(20(24)29)27(14-5-6-14)13-2-1-3-13/h4,7,10,13-14,18-19H,1-3,5-6,8-9,11H2,(H2,24,29)(H,25,30)/t18-/m0/s1. The average molecular weight is 436 g/mol. The summed E-state index contributed by atoms with van der Waals surface area (Å²) in [6, 6.07) is 3.12. The summed E-state index contributed by atoms with van der Waals surface area (Å²) in [5.74, 6) is -1.78. The van der Waals surface area contributed by atoms with Crippen LogP contribution in [0, 0.1) is 0 Å². The highest BCUT2D eigenvalue weighted by molar-refractivity contribution is 6.10. The molecule has 0 spiro atoms. The minimum Gasteiger partial charge on any atom is -0.370 e. The number of alkyl halides is 2. The Morgan fingerprint density at radius 2 is 1.90 bits per heavy atom. The number of amides is 3. The van der Waals surface area contributed by atoms with Gasteiger partial charge in [-0.3, -0.25) is 19.3 Å². The molecule has 1 atom stereocenters. The van der Waals surface area contributed by atoms with E-state index in [0.29, 0.717) is 0 Å². The van der Waals surface area contributed by atoms with Gasteiger partial charge in [0.1, 0.15) is 6.61 Å². The fourth-order valence-corrected chi connectivity index (χ4v) is 4.23. The molecule has 1 aliphatic heterocycles. The Morgan fingerprint density at radius 3 is 2.45 bits per heavy atom. The molecule has 1 saturated heterocycles. The van der Waals surface area contributed by atoms with Crippen LogP contribution in [0.1, 0.15) is 44.1 Å². The molecule has 8 nitrogen and oxygen atoms in total. The summed E-state index contributed by atoms with van der Waals surface area (Å²) >= 11 is 0. The van der Waals surface area contributed by atoms with Gasteiger partial charge in [0.25, 0.3) is 18.2 Å². The molecule has 3 amide bonds. The van der Waals surface area contributed by atoms with E-state index in [1.165, 1.54) is 17.0 Å². The summed E-state index contributed by atoms with van der Waals surface area (Å²) in [4.78, 5) is 40.4. The minimum absolute atomic E-state index is 0.0850. The Balaban J connectivity index is 1.56. The lowest BCUT2D eigenvalue weighted by atomic mass is 9.89. The number of benzene rings is 1. The number of halogens is 2. The SMILES string of the molecule is NC(=O)[C@@H](C(=O)Nc1ccc(N2CCOCC2=O)c(C(F)F)c1)N(C1CCC1)C1CC1. The van der Waals surface area contributed by atoms with Crippen LogP contribution in [0.4, 0.5) is 20.2 Å². The number of hydrogen-bond donors (Lipinski definition) is 2. The maximum Gasteiger partial charge on any atom is 0.265 e. The van der Waals surface area contributed by atoms with E-state index in [9.17, 15) is 23.2 Å². The Kier molecular flexibility index (Phi) is 6.19. The van der Waals surface area contributed by atoms with E-state index < -0.39 is 30.2 Å². The first-order valence-electron chi connectivity index (χ1n) is 10.5. The Bertz CT molecular complexity index is 873. The van der Waals surface area contributed by atoms with Gasteiger partial charge in [0, 0.05) is 29.9 Å². The quantitative estimate of drug-likeness (QED) is 0.605. The highest BCUT2D eigenvalue weighted by atomic mass is 19.3. The van der Waals surface area contributed by atoms with Crippen LogP contribution in [0.15, 0.2) is 18.2 Å². The third kappa shape index (κ3) is 4.54. The monoisotopic (exact) mass is 436 g/mol. The second kappa shape index (κ2) is 8.88. The van der Waals surface area contributed by atoms with Gasteiger partial charge in [-0.25, -0.2) is 8.78 Å². The first-order valence-corrected chi connectivity index (χ1v) is 10.5. The largest absolute Gasteiger partial charge is 0.370 e. The maximum absolute atomic E-state index is 13.8. The van der Waals surface area contributed by atoms with E-state index in [1.807, 2.05) is 4.90 Å². The van der Waals surface area contributed by atoms with Crippen molar-refractivity contribution in [3.8, 4) is 0 Å². The molecule has 0 unspecified atom stereocenters. The van der Waals surface area contributed by atoms with Crippen molar-refractivity contribution in [2.75, 3.05) is 30.0 Å². The molecule has 0 radical (unpaired) electrons. The number of anilines is 2. The topological polar surface area (TPSA) is 105 Å². The minimum atomic E-state index is -2.85. The molecule has 3 N–H and O–H groups in total. The van der Waals surface area contributed by atoms with Crippen molar-refractivity contribution >= 4 is 29.1 Å². The van der Waals surface area contributed by atoms with E-state index in [1.54, 1.807) is 0 Å². The van der Waals surface area contributed by atoms with E-state index in [0.717, 1.165) is 38.2 Å². The number of ether oxygens (including phenoxy) is 1.